The van der Waals surface area contributed by atoms with Crippen LogP contribution >= 0.6 is 0 Å². The quantitative estimate of drug-likeness (QED) is 0.635. The topological polar surface area (TPSA) is 86.1 Å². The van der Waals surface area contributed by atoms with Crippen molar-refractivity contribution in [2.45, 2.75) is 52.7 Å². The summed E-state index contributed by atoms with van der Waals surface area (Å²) in [6.07, 6.45) is 3.11. The molecule has 0 bridgehead atoms. The van der Waals surface area contributed by atoms with Crippen LogP contribution in [0.4, 0.5) is 10.3 Å². The summed E-state index contributed by atoms with van der Waals surface area (Å²) in [5, 5.41) is 0. The molecule has 7 nitrogen and oxygen atoms in total. The highest BCUT2D eigenvalue weighted by molar-refractivity contribution is 7.91. The van der Waals surface area contributed by atoms with Crippen LogP contribution in [0.3, 0.4) is 0 Å². The molecular formula is C21H25FN4O3S. The molecule has 0 amide bonds. The summed E-state index contributed by atoms with van der Waals surface area (Å²) >= 11 is 0. The molecule has 1 unspecified atom stereocenters. The van der Waals surface area contributed by atoms with Gasteiger partial charge in [0.05, 0.1) is 6.26 Å². The van der Waals surface area contributed by atoms with Crippen LogP contribution in [0.1, 0.15) is 48.3 Å². The molecule has 2 aromatic heterocycles. The zero-order chi connectivity index (χ0) is 21.6. The summed E-state index contributed by atoms with van der Waals surface area (Å²) in [5.41, 5.74) is 5.27. The van der Waals surface area contributed by atoms with E-state index in [2.05, 4.69) is 26.2 Å². The highest BCUT2D eigenvalue weighted by Gasteiger charge is 2.28. The smallest absolute Gasteiger partial charge is 0.244 e. The number of rotatable bonds is 6. The molecule has 0 saturated carbocycles. The normalized spacial score (nSPS) is 16.1. The average Bonchev–Trinajstić information content (AvgIpc) is 3.15. The molecule has 2 heterocycles. The van der Waals surface area contributed by atoms with E-state index in [1.807, 2.05) is 13.8 Å². The maximum absolute atomic E-state index is 13.6. The van der Waals surface area contributed by atoms with E-state index in [1.165, 1.54) is 6.07 Å². The number of fused-ring (bicyclic) bond motifs is 2. The van der Waals surface area contributed by atoms with E-state index in [9.17, 15) is 12.8 Å². The lowest BCUT2D eigenvalue weighted by atomic mass is 10.1. The Bertz CT molecular complexity index is 1240. The van der Waals surface area contributed by atoms with Gasteiger partial charge in [-0.15, -0.1) is 0 Å². The van der Waals surface area contributed by atoms with Crippen LogP contribution in [0.25, 0.3) is 11.0 Å². The van der Waals surface area contributed by atoms with E-state index in [4.69, 9.17) is 4.74 Å². The van der Waals surface area contributed by atoms with E-state index in [0.29, 0.717) is 24.2 Å². The highest BCUT2D eigenvalue weighted by Crippen LogP contribution is 2.38. The summed E-state index contributed by atoms with van der Waals surface area (Å²) in [5.74, 6) is 0.0496. The van der Waals surface area contributed by atoms with Crippen molar-refractivity contribution in [3.63, 3.8) is 0 Å². The van der Waals surface area contributed by atoms with Crippen molar-refractivity contribution in [1.29, 1.82) is 0 Å². The van der Waals surface area contributed by atoms with Crippen molar-refractivity contribution in [1.82, 2.24) is 14.5 Å². The molecule has 0 saturated heterocycles. The minimum absolute atomic E-state index is 0.0194. The third kappa shape index (κ3) is 3.74. The van der Waals surface area contributed by atoms with Gasteiger partial charge in [-0.3, -0.25) is 4.72 Å². The van der Waals surface area contributed by atoms with E-state index in [1.54, 1.807) is 12.1 Å². The number of anilines is 1. The molecule has 0 aliphatic heterocycles. The minimum atomic E-state index is -3.55. The fourth-order valence-corrected chi connectivity index (χ4v) is 4.50. The predicted molar refractivity (Wildman–Crippen MR) is 114 cm³/mol. The first-order valence-corrected chi connectivity index (χ1v) is 11.9. The van der Waals surface area contributed by atoms with Gasteiger partial charge in [-0.2, -0.15) is 4.98 Å². The van der Waals surface area contributed by atoms with Crippen molar-refractivity contribution in [3.05, 3.63) is 46.4 Å². The van der Waals surface area contributed by atoms with Gasteiger partial charge in [-0.1, -0.05) is 13.0 Å². The largest absolute Gasteiger partial charge is 0.468 e. The summed E-state index contributed by atoms with van der Waals surface area (Å²) in [6.45, 7) is 6.82. The van der Waals surface area contributed by atoms with Crippen LogP contribution < -0.4 is 9.46 Å². The molecule has 1 atom stereocenters. The van der Waals surface area contributed by atoms with Crippen molar-refractivity contribution >= 4 is 27.0 Å². The lowest BCUT2D eigenvalue weighted by Gasteiger charge is -2.17. The van der Waals surface area contributed by atoms with Gasteiger partial charge in [0.25, 0.3) is 0 Å². The van der Waals surface area contributed by atoms with Gasteiger partial charge >= 0.3 is 0 Å². The Balaban J connectivity index is 1.86. The van der Waals surface area contributed by atoms with Crippen molar-refractivity contribution in [3.8, 4) is 5.88 Å². The number of nitrogens with zero attached hydrogens (tertiary/aromatic N) is 3. The fraction of sp³-hybridized carbons (Fsp3) is 0.429. The monoisotopic (exact) mass is 432 g/mol. The van der Waals surface area contributed by atoms with Gasteiger partial charge in [0.15, 0.2) is 0 Å². The lowest BCUT2D eigenvalue weighted by Crippen LogP contribution is -2.14. The van der Waals surface area contributed by atoms with Gasteiger partial charge in [-0.05, 0) is 61.9 Å². The van der Waals surface area contributed by atoms with Crippen LogP contribution in [-0.2, 0) is 23.0 Å². The summed E-state index contributed by atoms with van der Waals surface area (Å²) in [6, 6.07) is 4.72. The van der Waals surface area contributed by atoms with Crippen LogP contribution in [-0.4, -0.2) is 29.2 Å². The van der Waals surface area contributed by atoms with Crippen LogP contribution in [0.2, 0.25) is 0 Å². The first-order valence-electron chi connectivity index (χ1n) is 9.98. The maximum atomic E-state index is 13.6. The molecular weight excluding hydrogens is 407 g/mol. The molecule has 0 radical (unpaired) electrons. The second kappa shape index (κ2) is 7.54. The van der Waals surface area contributed by atoms with Crippen molar-refractivity contribution < 1.29 is 17.5 Å². The fourth-order valence-electron chi connectivity index (χ4n) is 4.08. The Hall–Kier alpha value is -2.68. The Morgan fingerprint density at radius 3 is 2.77 bits per heavy atom. The molecule has 1 aromatic carbocycles. The number of hydrogen-bond donors (Lipinski definition) is 1. The number of ether oxygens (including phenoxy) is 1. The molecule has 0 spiro atoms. The average molecular weight is 433 g/mol. The SMILES string of the molecule is CCCn1c(C)c(C)c2nc(NS(C)(=O)=O)nc(OC3CCc4cc(F)ccc43)c21. The molecule has 1 aliphatic carbocycles. The van der Waals surface area contributed by atoms with Gasteiger partial charge in [-0.25, -0.2) is 17.8 Å². The molecule has 3 aromatic rings. The Morgan fingerprint density at radius 2 is 2.07 bits per heavy atom. The second-order valence-corrected chi connectivity index (χ2v) is 9.52. The molecule has 30 heavy (non-hydrogen) atoms. The number of aromatic nitrogens is 3. The number of halogens is 1. The second-order valence-electron chi connectivity index (χ2n) is 7.77. The maximum Gasteiger partial charge on any atom is 0.244 e. The predicted octanol–water partition coefficient (Wildman–Crippen LogP) is 4.04. The van der Waals surface area contributed by atoms with E-state index < -0.39 is 10.0 Å². The summed E-state index contributed by atoms with van der Waals surface area (Å²) in [4.78, 5) is 8.88. The third-order valence-electron chi connectivity index (χ3n) is 5.53. The molecule has 160 valence electrons. The lowest BCUT2D eigenvalue weighted by molar-refractivity contribution is 0.201. The Kier molecular flexibility index (Phi) is 5.17. The standard InChI is InChI=1S/C21H25FN4O3S/c1-5-10-26-13(3)12(2)18-19(26)20(24-21(23-18)25-30(4,27)28)29-17-9-6-14-11-15(22)7-8-16(14)17/h7-8,11,17H,5-6,9-10H2,1-4H3,(H,23,24,25). The van der Waals surface area contributed by atoms with Crippen LogP contribution in [0.5, 0.6) is 5.88 Å². The third-order valence-corrected chi connectivity index (χ3v) is 6.08. The minimum Gasteiger partial charge on any atom is -0.468 e. The van der Waals surface area contributed by atoms with Crippen LogP contribution in [0.15, 0.2) is 18.2 Å². The number of aryl methyl sites for hydroxylation is 3. The van der Waals surface area contributed by atoms with Crippen LogP contribution in [0, 0.1) is 19.7 Å². The van der Waals surface area contributed by atoms with Gasteiger partial charge in [0.1, 0.15) is 23.0 Å². The Labute approximate surface area is 175 Å². The molecule has 0 fully saturated rings. The van der Waals surface area contributed by atoms with Gasteiger partial charge in [0.2, 0.25) is 21.9 Å². The summed E-state index contributed by atoms with van der Waals surface area (Å²) < 4.78 is 48.0. The number of nitrogens with one attached hydrogen (secondary N) is 1. The zero-order valence-electron chi connectivity index (χ0n) is 17.5. The summed E-state index contributed by atoms with van der Waals surface area (Å²) in [7, 11) is -3.55. The molecule has 4 rings (SSSR count). The zero-order valence-corrected chi connectivity index (χ0v) is 18.3. The van der Waals surface area contributed by atoms with E-state index >= 15 is 0 Å². The number of sulfonamides is 1. The Morgan fingerprint density at radius 1 is 1.30 bits per heavy atom. The first-order chi connectivity index (χ1) is 14.2. The number of benzene rings is 1. The highest BCUT2D eigenvalue weighted by atomic mass is 32.2. The first kappa shape index (κ1) is 20.6. The van der Waals surface area contributed by atoms with E-state index in [-0.39, 0.29) is 17.9 Å². The van der Waals surface area contributed by atoms with E-state index in [0.717, 1.165) is 47.1 Å². The molecule has 1 aliphatic rings. The van der Waals surface area contributed by atoms with Crippen molar-refractivity contribution in [2.75, 3.05) is 11.0 Å². The molecule has 1 N–H and O–H groups in total. The van der Waals surface area contributed by atoms with Gasteiger partial charge < -0.3 is 9.30 Å². The van der Waals surface area contributed by atoms with Gasteiger partial charge in [0, 0.05) is 12.2 Å². The number of hydrogen-bond acceptors (Lipinski definition) is 5. The molecule has 9 heteroatoms. The van der Waals surface area contributed by atoms with Crippen molar-refractivity contribution in [2.24, 2.45) is 0 Å².